The summed E-state index contributed by atoms with van der Waals surface area (Å²) in [5.74, 6) is 1.29. The smallest absolute Gasteiger partial charge is 0.321 e. The number of benzene rings is 1. The van der Waals surface area contributed by atoms with Gasteiger partial charge in [0.1, 0.15) is 5.82 Å². The molecule has 2 heterocycles. The van der Waals surface area contributed by atoms with Crippen LogP contribution < -0.4 is 25.8 Å². The highest BCUT2D eigenvalue weighted by molar-refractivity contribution is 7.95. The lowest BCUT2D eigenvalue weighted by atomic mass is 10.3. The molecule has 0 unspecified atom stereocenters. The fourth-order valence-corrected chi connectivity index (χ4v) is 3.30. The third-order valence-corrected chi connectivity index (χ3v) is 4.94. The Labute approximate surface area is 175 Å². The molecule has 1 aromatic heterocycles. The first-order valence-electron chi connectivity index (χ1n) is 9.75. The Morgan fingerprint density at radius 2 is 2.03 bits per heavy atom. The lowest BCUT2D eigenvalue weighted by Crippen LogP contribution is -2.32. The van der Waals surface area contributed by atoms with Crippen molar-refractivity contribution in [3.63, 3.8) is 0 Å². The first kappa shape index (κ1) is 21.2. The van der Waals surface area contributed by atoms with Gasteiger partial charge in [-0.05, 0) is 44.4 Å². The summed E-state index contributed by atoms with van der Waals surface area (Å²) in [4.78, 5) is 23.0. The van der Waals surface area contributed by atoms with Gasteiger partial charge in [-0.2, -0.15) is 4.98 Å². The molecule has 0 bridgehead atoms. The second kappa shape index (κ2) is 10.8. The predicted octanol–water partition coefficient (Wildman–Crippen LogP) is 3.07. The monoisotopic (exact) mass is 416 g/mol. The molecule has 1 aliphatic rings. The summed E-state index contributed by atoms with van der Waals surface area (Å²) in [6.07, 6.45) is 4.84. The molecule has 10 heteroatoms. The molecule has 0 radical (unpaired) electrons. The highest BCUT2D eigenvalue weighted by Crippen LogP contribution is 2.21. The van der Waals surface area contributed by atoms with Crippen LogP contribution in [0.25, 0.3) is 0 Å². The van der Waals surface area contributed by atoms with Gasteiger partial charge in [-0.3, -0.25) is 9.86 Å². The van der Waals surface area contributed by atoms with Gasteiger partial charge in [-0.25, -0.2) is 9.78 Å². The average Bonchev–Trinajstić information content (AvgIpc) is 3.25. The SMILES string of the molecule is Cc1cnc(Nc2cccc(NC(=O)N3CCCC3)c2)nc1NCCCNSN. The maximum atomic E-state index is 12.3. The zero-order valence-corrected chi connectivity index (χ0v) is 17.4. The van der Waals surface area contributed by atoms with Crippen LogP contribution in [0.1, 0.15) is 24.8 Å². The van der Waals surface area contributed by atoms with Crippen LogP contribution in [-0.4, -0.2) is 47.1 Å². The molecule has 1 saturated heterocycles. The van der Waals surface area contributed by atoms with Crippen molar-refractivity contribution in [3.05, 3.63) is 36.0 Å². The fraction of sp³-hybridized carbons (Fsp3) is 0.421. The van der Waals surface area contributed by atoms with Crippen molar-refractivity contribution >= 4 is 41.3 Å². The zero-order valence-electron chi connectivity index (χ0n) is 16.6. The molecule has 6 N–H and O–H groups in total. The van der Waals surface area contributed by atoms with Gasteiger partial charge in [0.05, 0.1) is 0 Å². The molecular weight excluding hydrogens is 388 g/mol. The molecule has 9 nitrogen and oxygen atoms in total. The summed E-state index contributed by atoms with van der Waals surface area (Å²) in [6.45, 7) is 5.20. The van der Waals surface area contributed by atoms with E-state index in [-0.39, 0.29) is 6.03 Å². The van der Waals surface area contributed by atoms with E-state index < -0.39 is 0 Å². The Bertz CT molecular complexity index is 813. The molecule has 1 aliphatic heterocycles. The number of aryl methyl sites for hydroxylation is 1. The number of rotatable bonds is 9. The Kier molecular flexibility index (Phi) is 7.91. The Morgan fingerprint density at radius 3 is 2.83 bits per heavy atom. The van der Waals surface area contributed by atoms with Gasteiger partial charge in [-0.1, -0.05) is 6.07 Å². The summed E-state index contributed by atoms with van der Waals surface area (Å²) < 4.78 is 3.01. The Morgan fingerprint density at radius 1 is 1.24 bits per heavy atom. The molecule has 0 atom stereocenters. The lowest BCUT2D eigenvalue weighted by molar-refractivity contribution is 0.222. The third kappa shape index (κ3) is 6.48. The molecule has 3 rings (SSSR count). The number of likely N-dealkylation sites (tertiary alicyclic amines) is 1. The number of nitrogens with zero attached hydrogens (tertiary/aromatic N) is 3. The van der Waals surface area contributed by atoms with E-state index in [2.05, 4.69) is 30.6 Å². The number of aromatic nitrogens is 2. The van der Waals surface area contributed by atoms with Crippen molar-refractivity contribution in [2.24, 2.45) is 5.14 Å². The molecule has 0 spiro atoms. The summed E-state index contributed by atoms with van der Waals surface area (Å²) in [5.41, 5.74) is 2.52. The highest BCUT2D eigenvalue weighted by atomic mass is 32.2. The summed E-state index contributed by atoms with van der Waals surface area (Å²) in [6, 6.07) is 7.49. The molecule has 2 aromatic rings. The summed E-state index contributed by atoms with van der Waals surface area (Å²) in [7, 11) is 0. The predicted molar refractivity (Wildman–Crippen MR) is 119 cm³/mol. The molecule has 156 valence electrons. The number of urea groups is 1. The summed E-state index contributed by atoms with van der Waals surface area (Å²) in [5, 5.41) is 14.8. The van der Waals surface area contributed by atoms with E-state index in [0.717, 1.165) is 80.3 Å². The molecule has 1 fully saturated rings. The number of hydrogen-bond donors (Lipinski definition) is 5. The number of carbonyl (C=O) groups excluding carboxylic acids is 1. The van der Waals surface area contributed by atoms with Crippen molar-refractivity contribution in [2.45, 2.75) is 26.2 Å². The van der Waals surface area contributed by atoms with Crippen LogP contribution >= 0.6 is 12.1 Å². The van der Waals surface area contributed by atoms with Gasteiger partial charge in [0.2, 0.25) is 5.95 Å². The number of anilines is 4. The minimum Gasteiger partial charge on any atom is -0.370 e. The van der Waals surface area contributed by atoms with Gasteiger partial charge in [0.25, 0.3) is 0 Å². The minimum atomic E-state index is -0.0553. The van der Waals surface area contributed by atoms with E-state index in [1.54, 1.807) is 6.20 Å². The maximum Gasteiger partial charge on any atom is 0.321 e. The van der Waals surface area contributed by atoms with Gasteiger partial charge < -0.3 is 20.9 Å². The number of nitrogens with two attached hydrogens (primary N) is 1. The van der Waals surface area contributed by atoms with Crippen molar-refractivity contribution in [2.75, 3.05) is 42.1 Å². The van der Waals surface area contributed by atoms with Crippen molar-refractivity contribution in [1.29, 1.82) is 0 Å². The number of nitrogens with one attached hydrogen (secondary N) is 4. The standard InChI is InChI=1S/C19H28N8OS/c1-14-13-22-18(26-17(14)21-8-5-9-23-29-20)24-15-6-4-7-16(12-15)25-19(28)27-10-2-3-11-27/h4,6-7,12-13,23H,2-3,5,8-11,20H2,1H3,(H,25,28)(H2,21,22,24,26). The summed E-state index contributed by atoms with van der Waals surface area (Å²) >= 11 is 1.12. The van der Waals surface area contributed by atoms with Gasteiger partial charge >= 0.3 is 6.03 Å². The second-order valence-electron chi connectivity index (χ2n) is 6.85. The van der Waals surface area contributed by atoms with E-state index in [1.165, 1.54) is 0 Å². The average molecular weight is 417 g/mol. The van der Waals surface area contributed by atoms with E-state index in [4.69, 9.17) is 5.14 Å². The van der Waals surface area contributed by atoms with E-state index in [0.29, 0.717) is 5.95 Å². The van der Waals surface area contributed by atoms with Crippen molar-refractivity contribution in [3.8, 4) is 0 Å². The number of carbonyl (C=O) groups is 1. The van der Waals surface area contributed by atoms with Crippen LogP contribution in [-0.2, 0) is 0 Å². The topological polar surface area (TPSA) is 120 Å². The fourth-order valence-electron chi connectivity index (χ4n) is 3.03. The van der Waals surface area contributed by atoms with Crippen LogP contribution in [0, 0.1) is 6.92 Å². The third-order valence-electron chi connectivity index (χ3n) is 4.57. The van der Waals surface area contributed by atoms with Gasteiger partial charge in [0.15, 0.2) is 0 Å². The van der Waals surface area contributed by atoms with Crippen molar-refractivity contribution in [1.82, 2.24) is 19.6 Å². The van der Waals surface area contributed by atoms with E-state index in [1.807, 2.05) is 36.1 Å². The maximum absolute atomic E-state index is 12.3. The normalized spacial score (nSPS) is 13.4. The molecule has 2 amide bonds. The number of amides is 2. The number of hydrogen-bond acceptors (Lipinski definition) is 8. The van der Waals surface area contributed by atoms with Crippen LogP contribution in [0.3, 0.4) is 0 Å². The van der Waals surface area contributed by atoms with Crippen LogP contribution in [0.2, 0.25) is 0 Å². The molecule has 29 heavy (non-hydrogen) atoms. The van der Waals surface area contributed by atoms with Gasteiger partial charge in [0, 0.05) is 61.4 Å². The van der Waals surface area contributed by atoms with Crippen LogP contribution in [0.15, 0.2) is 30.5 Å². The van der Waals surface area contributed by atoms with Crippen molar-refractivity contribution < 1.29 is 4.79 Å². The van der Waals surface area contributed by atoms with E-state index in [9.17, 15) is 4.79 Å². The Hall–Kier alpha value is -2.56. The Balaban J connectivity index is 1.59. The molecule has 1 aromatic carbocycles. The van der Waals surface area contributed by atoms with E-state index >= 15 is 0 Å². The van der Waals surface area contributed by atoms with Gasteiger partial charge in [-0.15, -0.1) is 0 Å². The second-order valence-corrected chi connectivity index (χ2v) is 7.37. The molecule has 0 saturated carbocycles. The largest absolute Gasteiger partial charge is 0.370 e. The zero-order chi connectivity index (χ0) is 20.5. The van der Waals surface area contributed by atoms with Crippen LogP contribution in [0.5, 0.6) is 0 Å². The van der Waals surface area contributed by atoms with Crippen LogP contribution in [0.4, 0.5) is 27.9 Å². The first-order valence-corrected chi connectivity index (χ1v) is 10.6. The quantitative estimate of drug-likeness (QED) is 0.312. The molecular formula is C19H28N8OS. The molecule has 0 aliphatic carbocycles. The highest BCUT2D eigenvalue weighted by Gasteiger charge is 2.17. The lowest BCUT2D eigenvalue weighted by Gasteiger charge is -2.16. The first-order chi connectivity index (χ1) is 14.2. The minimum absolute atomic E-state index is 0.0553.